The van der Waals surface area contributed by atoms with Crippen LogP contribution in [-0.2, 0) is 6.54 Å². The molecular formula is C16H17ClN2O. The van der Waals surface area contributed by atoms with Crippen LogP contribution in [0.25, 0.3) is 0 Å². The van der Waals surface area contributed by atoms with Crippen LogP contribution in [0.5, 0.6) is 0 Å². The maximum Gasteiger partial charge on any atom is 0.253 e. The second-order valence-electron chi connectivity index (χ2n) is 4.93. The van der Waals surface area contributed by atoms with Crippen molar-refractivity contribution in [3.63, 3.8) is 0 Å². The Kier molecular flexibility index (Phi) is 4.40. The molecule has 1 aromatic heterocycles. The smallest absolute Gasteiger partial charge is 0.253 e. The van der Waals surface area contributed by atoms with E-state index in [1.807, 2.05) is 32.0 Å². The second kappa shape index (κ2) is 6.06. The highest BCUT2D eigenvalue weighted by Crippen LogP contribution is 2.14. The summed E-state index contributed by atoms with van der Waals surface area (Å²) in [5.74, 6) is -0.0186. The minimum Gasteiger partial charge on any atom is -0.336 e. The molecule has 0 atom stereocenters. The standard InChI is InChI=1S/C16H17ClN2O/c1-11-4-5-13(8-12(11)2)16(20)19(3)10-15-9-14(17)6-7-18-15/h4-9H,10H2,1-3H3. The minimum absolute atomic E-state index is 0.0186. The van der Waals surface area contributed by atoms with Gasteiger partial charge in [0.25, 0.3) is 5.91 Å². The van der Waals surface area contributed by atoms with E-state index in [1.54, 1.807) is 30.3 Å². The molecule has 0 fully saturated rings. The lowest BCUT2D eigenvalue weighted by Gasteiger charge is -2.17. The molecule has 0 aliphatic rings. The molecule has 0 saturated carbocycles. The molecule has 0 aliphatic heterocycles. The van der Waals surface area contributed by atoms with E-state index in [2.05, 4.69) is 4.98 Å². The second-order valence-corrected chi connectivity index (χ2v) is 5.36. The summed E-state index contributed by atoms with van der Waals surface area (Å²) in [5.41, 5.74) is 3.76. The zero-order valence-electron chi connectivity index (χ0n) is 11.9. The van der Waals surface area contributed by atoms with Crippen molar-refractivity contribution in [1.29, 1.82) is 0 Å². The van der Waals surface area contributed by atoms with E-state index in [4.69, 9.17) is 11.6 Å². The van der Waals surface area contributed by atoms with Crippen LogP contribution in [0.3, 0.4) is 0 Å². The summed E-state index contributed by atoms with van der Waals surface area (Å²) in [6.07, 6.45) is 1.64. The first-order valence-electron chi connectivity index (χ1n) is 6.40. The zero-order chi connectivity index (χ0) is 14.7. The molecule has 1 aromatic carbocycles. The number of carbonyl (C=O) groups is 1. The van der Waals surface area contributed by atoms with Crippen LogP contribution in [-0.4, -0.2) is 22.8 Å². The number of halogens is 1. The van der Waals surface area contributed by atoms with Crippen molar-refractivity contribution in [2.75, 3.05) is 7.05 Å². The van der Waals surface area contributed by atoms with Gasteiger partial charge in [-0.1, -0.05) is 17.7 Å². The van der Waals surface area contributed by atoms with Crippen molar-refractivity contribution in [2.45, 2.75) is 20.4 Å². The summed E-state index contributed by atoms with van der Waals surface area (Å²) in [5, 5.41) is 0.627. The van der Waals surface area contributed by atoms with Gasteiger partial charge in [-0.15, -0.1) is 0 Å². The van der Waals surface area contributed by atoms with Crippen molar-refractivity contribution < 1.29 is 4.79 Å². The van der Waals surface area contributed by atoms with E-state index in [1.165, 1.54) is 5.56 Å². The molecule has 0 bridgehead atoms. The van der Waals surface area contributed by atoms with Crippen molar-refractivity contribution in [2.24, 2.45) is 0 Å². The normalized spacial score (nSPS) is 10.4. The molecule has 1 heterocycles. The monoisotopic (exact) mass is 288 g/mol. The summed E-state index contributed by atoms with van der Waals surface area (Å²) in [4.78, 5) is 18.2. The first kappa shape index (κ1) is 14.5. The number of hydrogen-bond acceptors (Lipinski definition) is 2. The topological polar surface area (TPSA) is 33.2 Å². The maximum absolute atomic E-state index is 12.4. The fourth-order valence-corrected chi connectivity index (χ4v) is 2.13. The lowest BCUT2D eigenvalue weighted by atomic mass is 10.1. The summed E-state index contributed by atoms with van der Waals surface area (Å²) in [6, 6.07) is 9.22. The Balaban J connectivity index is 2.14. The third-order valence-electron chi connectivity index (χ3n) is 3.28. The third kappa shape index (κ3) is 3.36. The molecule has 1 amide bonds. The van der Waals surface area contributed by atoms with Gasteiger partial charge >= 0.3 is 0 Å². The van der Waals surface area contributed by atoms with Gasteiger partial charge in [0.15, 0.2) is 0 Å². The number of nitrogens with zero attached hydrogens (tertiary/aromatic N) is 2. The number of aromatic nitrogens is 1. The Labute approximate surface area is 124 Å². The number of amides is 1. The molecule has 0 aliphatic carbocycles. The number of rotatable bonds is 3. The Morgan fingerprint density at radius 3 is 2.60 bits per heavy atom. The Morgan fingerprint density at radius 2 is 1.95 bits per heavy atom. The number of pyridine rings is 1. The maximum atomic E-state index is 12.4. The van der Waals surface area contributed by atoms with Crippen LogP contribution in [0, 0.1) is 13.8 Å². The lowest BCUT2D eigenvalue weighted by Crippen LogP contribution is -2.26. The quantitative estimate of drug-likeness (QED) is 0.864. The SMILES string of the molecule is Cc1ccc(C(=O)N(C)Cc2cc(Cl)ccn2)cc1C. The van der Waals surface area contributed by atoms with E-state index in [9.17, 15) is 4.79 Å². The van der Waals surface area contributed by atoms with E-state index in [-0.39, 0.29) is 5.91 Å². The average Bonchev–Trinajstić information content (AvgIpc) is 2.41. The van der Waals surface area contributed by atoms with E-state index < -0.39 is 0 Å². The Hall–Kier alpha value is -1.87. The average molecular weight is 289 g/mol. The third-order valence-corrected chi connectivity index (χ3v) is 3.51. The summed E-state index contributed by atoms with van der Waals surface area (Å²) in [7, 11) is 1.76. The molecule has 104 valence electrons. The van der Waals surface area contributed by atoms with Gasteiger partial charge in [0, 0.05) is 23.8 Å². The van der Waals surface area contributed by atoms with Gasteiger partial charge in [-0.25, -0.2) is 0 Å². The van der Waals surface area contributed by atoms with Gasteiger partial charge in [0.1, 0.15) is 0 Å². The fourth-order valence-electron chi connectivity index (χ4n) is 1.94. The molecule has 2 rings (SSSR count). The number of hydrogen-bond donors (Lipinski definition) is 0. The summed E-state index contributed by atoms with van der Waals surface area (Å²) < 4.78 is 0. The molecule has 3 nitrogen and oxygen atoms in total. The molecule has 0 unspecified atom stereocenters. The van der Waals surface area contributed by atoms with Crippen LogP contribution in [0.1, 0.15) is 27.2 Å². The molecule has 20 heavy (non-hydrogen) atoms. The highest BCUT2D eigenvalue weighted by Gasteiger charge is 2.13. The molecular weight excluding hydrogens is 272 g/mol. The Morgan fingerprint density at radius 1 is 1.20 bits per heavy atom. The van der Waals surface area contributed by atoms with Crippen molar-refractivity contribution in [1.82, 2.24) is 9.88 Å². The molecule has 0 saturated heterocycles. The van der Waals surface area contributed by atoms with Gasteiger partial charge in [-0.2, -0.15) is 0 Å². The van der Waals surface area contributed by atoms with Crippen LogP contribution in [0.4, 0.5) is 0 Å². The molecule has 0 spiro atoms. The van der Waals surface area contributed by atoms with E-state index in [0.717, 1.165) is 11.3 Å². The number of carbonyl (C=O) groups excluding carboxylic acids is 1. The number of aryl methyl sites for hydroxylation is 2. The van der Waals surface area contributed by atoms with Crippen molar-refractivity contribution in [3.8, 4) is 0 Å². The molecule has 0 radical (unpaired) electrons. The number of benzene rings is 1. The van der Waals surface area contributed by atoms with Gasteiger partial charge in [-0.3, -0.25) is 9.78 Å². The predicted octanol–water partition coefficient (Wildman–Crippen LogP) is 3.62. The van der Waals surface area contributed by atoms with Gasteiger partial charge < -0.3 is 4.90 Å². The van der Waals surface area contributed by atoms with Gasteiger partial charge in [0.2, 0.25) is 0 Å². The highest BCUT2D eigenvalue weighted by atomic mass is 35.5. The highest BCUT2D eigenvalue weighted by molar-refractivity contribution is 6.30. The van der Waals surface area contributed by atoms with Crippen LogP contribution in [0.15, 0.2) is 36.5 Å². The summed E-state index contributed by atoms with van der Waals surface area (Å²) >= 11 is 5.92. The molecule has 4 heteroatoms. The summed E-state index contributed by atoms with van der Waals surface area (Å²) in [6.45, 7) is 4.47. The minimum atomic E-state index is -0.0186. The van der Waals surface area contributed by atoms with Gasteiger partial charge in [0.05, 0.1) is 12.2 Å². The van der Waals surface area contributed by atoms with Crippen molar-refractivity contribution in [3.05, 3.63) is 63.9 Å². The van der Waals surface area contributed by atoms with E-state index >= 15 is 0 Å². The first-order valence-corrected chi connectivity index (χ1v) is 6.78. The van der Waals surface area contributed by atoms with Crippen LogP contribution in [0.2, 0.25) is 5.02 Å². The molecule has 0 N–H and O–H groups in total. The first-order chi connectivity index (χ1) is 9.47. The van der Waals surface area contributed by atoms with Crippen molar-refractivity contribution >= 4 is 17.5 Å². The predicted molar refractivity (Wildman–Crippen MR) is 81.0 cm³/mol. The van der Waals surface area contributed by atoms with Crippen LogP contribution >= 0.6 is 11.6 Å². The Bertz CT molecular complexity index is 640. The van der Waals surface area contributed by atoms with Crippen LogP contribution < -0.4 is 0 Å². The molecule has 2 aromatic rings. The van der Waals surface area contributed by atoms with E-state index in [0.29, 0.717) is 17.1 Å². The zero-order valence-corrected chi connectivity index (χ0v) is 12.6. The lowest BCUT2D eigenvalue weighted by molar-refractivity contribution is 0.0783. The van der Waals surface area contributed by atoms with Gasteiger partial charge in [-0.05, 0) is 49.2 Å². The largest absolute Gasteiger partial charge is 0.336 e. The fraction of sp³-hybridized carbons (Fsp3) is 0.250.